The Labute approximate surface area is 194 Å². The van der Waals surface area contributed by atoms with Gasteiger partial charge in [-0.3, -0.25) is 4.90 Å². The van der Waals surface area contributed by atoms with Crippen molar-refractivity contribution in [3.8, 4) is 0 Å². The van der Waals surface area contributed by atoms with E-state index in [1.165, 1.54) is 0 Å². The highest BCUT2D eigenvalue weighted by Gasteiger charge is 2.17. The number of nitrogens with zero attached hydrogens (tertiary/aromatic N) is 2. The van der Waals surface area contributed by atoms with Gasteiger partial charge in [-0.05, 0) is 37.1 Å². The molecule has 0 unspecified atom stereocenters. The normalized spacial score (nSPS) is 15.0. The van der Waals surface area contributed by atoms with Crippen molar-refractivity contribution < 1.29 is 9.53 Å². The first-order valence-corrected chi connectivity index (χ1v) is 11.3. The van der Waals surface area contributed by atoms with Gasteiger partial charge in [0.1, 0.15) is 0 Å². The predicted molar refractivity (Wildman–Crippen MR) is 129 cm³/mol. The molecule has 166 valence electrons. The van der Waals surface area contributed by atoms with Gasteiger partial charge in [0, 0.05) is 37.7 Å². The van der Waals surface area contributed by atoms with Crippen LogP contribution >= 0.6 is 23.2 Å². The number of carbonyl (C=O) groups excluding carboxylic acids is 1. The molecule has 2 amide bonds. The van der Waals surface area contributed by atoms with E-state index in [4.69, 9.17) is 27.9 Å². The second kappa shape index (κ2) is 12.1. The van der Waals surface area contributed by atoms with Crippen LogP contribution < -0.4 is 5.32 Å². The van der Waals surface area contributed by atoms with Gasteiger partial charge < -0.3 is 15.0 Å². The van der Waals surface area contributed by atoms with Gasteiger partial charge in [0.15, 0.2) is 0 Å². The third-order valence-corrected chi connectivity index (χ3v) is 5.67. The average Bonchev–Trinajstić information content (AvgIpc) is 2.76. The molecule has 2 aromatic carbocycles. The molecule has 0 saturated carbocycles. The number of ether oxygens (including phenoxy) is 1. The van der Waals surface area contributed by atoms with Crippen LogP contribution in [-0.2, 0) is 4.74 Å². The number of morpholine rings is 1. The smallest absolute Gasteiger partial charge is 0.322 e. The van der Waals surface area contributed by atoms with Crippen molar-refractivity contribution >= 4 is 41.0 Å². The summed E-state index contributed by atoms with van der Waals surface area (Å²) in [5, 5.41) is 3.89. The quantitative estimate of drug-likeness (QED) is 0.551. The molecule has 2 aromatic rings. The number of hydrogen-bond donors (Lipinski definition) is 1. The van der Waals surface area contributed by atoms with Crippen LogP contribution in [0.15, 0.2) is 54.1 Å². The molecule has 0 radical (unpaired) electrons. The van der Waals surface area contributed by atoms with E-state index in [9.17, 15) is 4.79 Å². The average molecular weight is 462 g/mol. The minimum Gasteiger partial charge on any atom is -0.379 e. The summed E-state index contributed by atoms with van der Waals surface area (Å²) < 4.78 is 5.41. The van der Waals surface area contributed by atoms with E-state index in [1.54, 1.807) is 18.2 Å². The summed E-state index contributed by atoms with van der Waals surface area (Å²) >= 11 is 12.2. The lowest BCUT2D eigenvalue weighted by Crippen LogP contribution is -2.40. The Kier molecular flexibility index (Phi) is 9.22. The molecule has 0 aromatic heterocycles. The first-order valence-electron chi connectivity index (χ1n) is 10.5. The van der Waals surface area contributed by atoms with Crippen LogP contribution in [0.3, 0.4) is 0 Å². The maximum absolute atomic E-state index is 13.1. The van der Waals surface area contributed by atoms with E-state index in [1.807, 2.05) is 30.0 Å². The molecule has 0 atom stereocenters. The minimum absolute atomic E-state index is 0.174. The lowest BCUT2D eigenvalue weighted by atomic mass is 10.1. The molecule has 1 fully saturated rings. The number of carbonyl (C=O) groups is 1. The Morgan fingerprint density at radius 2 is 1.90 bits per heavy atom. The van der Waals surface area contributed by atoms with Crippen LogP contribution in [-0.4, -0.2) is 61.8 Å². The van der Waals surface area contributed by atoms with E-state index in [2.05, 4.69) is 28.4 Å². The highest BCUT2D eigenvalue weighted by molar-refractivity contribution is 6.36. The molecule has 1 aliphatic heterocycles. The number of benzene rings is 2. The van der Waals surface area contributed by atoms with Gasteiger partial charge in [0.25, 0.3) is 0 Å². The Bertz CT molecular complexity index is 884. The van der Waals surface area contributed by atoms with Crippen molar-refractivity contribution in [2.45, 2.75) is 13.3 Å². The number of nitrogens with one attached hydrogen (secondary N) is 1. The first-order chi connectivity index (χ1) is 15.0. The SMILES string of the molecule is C/C(=C\c1ccccc1)CN(CCCN1CCOCC1)C(=O)Nc1ccc(Cl)cc1Cl. The molecule has 1 N–H and O–H groups in total. The van der Waals surface area contributed by atoms with Crippen LogP contribution in [0.4, 0.5) is 10.5 Å². The third-order valence-electron chi connectivity index (χ3n) is 5.12. The number of halogens is 2. The molecular weight excluding hydrogens is 433 g/mol. The van der Waals surface area contributed by atoms with Crippen LogP contribution in [0.1, 0.15) is 18.9 Å². The highest BCUT2D eigenvalue weighted by Crippen LogP contribution is 2.25. The molecule has 1 aliphatic rings. The number of hydrogen-bond acceptors (Lipinski definition) is 3. The van der Waals surface area contributed by atoms with Crippen molar-refractivity contribution in [2.75, 3.05) is 51.3 Å². The Morgan fingerprint density at radius 1 is 1.16 bits per heavy atom. The molecule has 0 spiro atoms. The van der Waals surface area contributed by atoms with Crippen LogP contribution in [0, 0.1) is 0 Å². The van der Waals surface area contributed by atoms with E-state index in [0.29, 0.717) is 28.8 Å². The number of anilines is 1. The fourth-order valence-corrected chi connectivity index (χ4v) is 3.98. The molecular formula is C24H29Cl2N3O2. The van der Waals surface area contributed by atoms with E-state index in [-0.39, 0.29) is 6.03 Å². The van der Waals surface area contributed by atoms with Gasteiger partial charge in [0.2, 0.25) is 0 Å². The Hall–Kier alpha value is -2.05. The van der Waals surface area contributed by atoms with Crippen LogP contribution in [0.25, 0.3) is 6.08 Å². The van der Waals surface area contributed by atoms with Crippen molar-refractivity contribution in [3.05, 3.63) is 69.7 Å². The van der Waals surface area contributed by atoms with Crippen molar-refractivity contribution in [2.24, 2.45) is 0 Å². The summed E-state index contributed by atoms with van der Waals surface area (Å²) in [5.74, 6) is 0. The molecule has 7 heteroatoms. The summed E-state index contributed by atoms with van der Waals surface area (Å²) in [6.07, 6.45) is 3.00. The molecule has 5 nitrogen and oxygen atoms in total. The van der Waals surface area contributed by atoms with Crippen molar-refractivity contribution in [1.29, 1.82) is 0 Å². The summed E-state index contributed by atoms with van der Waals surface area (Å²) in [4.78, 5) is 17.3. The lowest BCUT2D eigenvalue weighted by Gasteiger charge is -2.28. The predicted octanol–water partition coefficient (Wildman–Crippen LogP) is 5.65. The standard InChI is InChI=1S/C24H29Cl2N3O2/c1-19(16-20-6-3-2-4-7-20)18-29(11-5-10-28-12-14-31-15-13-28)24(30)27-23-9-8-21(25)17-22(23)26/h2-4,6-9,16-17H,5,10-15,18H2,1H3,(H,27,30)/b19-16+. The molecule has 31 heavy (non-hydrogen) atoms. The zero-order valence-corrected chi connectivity index (χ0v) is 19.3. The summed E-state index contributed by atoms with van der Waals surface area (Å²) in [5.41, 5.74) is 2.78. The number of amides is 2. The lowest BCUT2D eigenvalue weighted by molar-refractivity contribution is 0.0366. The number of urea groups is 1. The van der Waals surface area contributed by atoms with Crippen molar-refractivity contribution in [3.63, 3.8) is 0 Å². The van der Waals surface area contributed by atoms with Gasteiger partial charge in [-0.25, -0.2) is 4.79 Å². The van der Waals surface area contributed by atoms with Gasteiger partial charge in [-0.2, -0.15) is 0 Å². The third kappa shape index (κ3) is 7.86. The van der Waals surface area contributed by atoms with Crippen molar-refractivity contribution in [1.82, 2.24) is 9.80 Å². The summed E-state index contributed by atoms with van der Waals surface area (Å²) in [6.45, 7) is 7.61. The monoisotopic (exact) mass is 461 g/mol. The molecule has 1 saturated heterocycles. The van der Waals surface area contributed by atoms with E-state index in [0.717, 1.165) is 50.4 Å². The highest BCUT2D eigenvalue weighted by atomic mass is 35.5. The summed E-state index contributed by atoms with van der Waals surface area (Å²) in [7, 11) is 0. The van der Waals surface area contributed by atoms with Gasteiger partial charge in [0.05, 0.1) is 23.9 Å². The molecule has 1 heterocycles. The zero-order chi connectivity index (χ0) is 22.1. The van der Waals surface area contributed by atoms with Crippen LogP contribution in [0.5, 0.6) is 0 Å². The first kappa shape index (κ1) is 23.6. The van der Waals surface area contributed by atoms with Gasteiger partial charge >= 0.3 is 6.03 Å². The molecule has 0 bridgehead atoms. The summed E-state index contributed by atoms with van der Waals surface area (Å²) in [6, 6.07) is 15.0. The van der Waals surface area contributed by atoms with Crippen LogP contribution in [0.2, 0.25) is 10.0 Å². The minimum atomic E-state index is -0.174. The van der Waals surface area contributed by atoms with Gasteiger partial charge in [-0.1, -0.05) is 65.2 Å². The topological polar surface area (TPSA) is 44.8 Å². The fourth-order valence-electron chi connectivity index (χ4n) is 3.53. The Morgan fingerprint density at radius 3 is 2.61 bits per heavy atom. The zero-order valence-electron chi connectivity index (χ0n) is 17.8. The maximum atomic E-state index is 13.1. The maximum Gasteiger partial charge on any atom is 0.322 e. The van der Waals surface area contributed by atoms with Gasteiger partial charge in [-0.15, -0.1) is 0 Å². The second-order valence-electron chi connectivity index (χ2n) is 7.68. The molecule has 3 rings (SSSR count). The Balaban J connectivity index is 1.66. The fraction of sp³-hybridized carbons (Fsp3) is 0.375. The molecule has 0 aliphatic carbocycles. The largest absolute Gasteiger partial charge is 0.379 e. The van der Waals surface area contributed by atoms with E-state index < -0.39 is 0 Å². The second-order valence-corrected chi connectivity index (χ2v) is 8.53. The number of rotatable bonds is 8. The van der Waals surface area contributed by atoms with E-state index >= 15 is 0 Å².